The minimum absolute atomic E-state index is 0.154. The smallest absolute Gasteiger partial charge is 0.222 e. The number of carbonyl (C=O) groups excluding carboxylic acids is 1. The Balaban J connectivity index is 1.49. The van der Waals surface area contributed by atoms with E-state index in [2.05, 4.69) is 0 Å². The van der Waals surface area contributed by atoms with Crippen molar-refractivity contribution in [3.8, 4) is 0 Å². The molecule has 3 fully saturated rings. The molecule has 6 heteroatoms. The largest absolute Gasteiger partial charge is 0.342 e. The summed E-state index contributed by atoms with van der Waals surface area (Å²) >= 11 is 0. The number of likely N-dealkylation sites (tertiary alicyclic amines) is 1. The number of fused-ring (bicyclic) bond motifs is 1. The van der Waals surface area contributed by atoms with Gasteiger partial charge in [-0.1, -0.05) is 49.6 Å². The van der Waals surface area contributed by atoms with Gasteiger partial charge >= 0.3 is 0 Å². The quantitative estimate of drug-likeness (QED) is 0.794. The molecule has 4 rings (SSSR count). The topological polar surface area (TPSA) is 57.7 Å². The van der Waals surface area contributed by atoms with Crippen LogP contribution in [0.2, 0.25) is 0 Å². The molecular formula is C21H30N2O3S. The van der Waals surface area contributed by atoms with Gasteiger partial charge in [0.1, 0.15) is 0 Å². The van der Waals surface area contributed by atoms with Gasteiger partial charge in [-0.2, -0.15) is 4.31 Å². The van der Waals surface area contributed by atoms with E-state index in [-0.39, 0.29) is 23.8 Å². The van der Waals surface area contributed by atoms with Crippen LogP contribution in [0.3, 0.4) is 0 Å². The Morgan fingerprint density at radius 2 is 1.74 bits per heavy atom. The number of sulfonamides is 1. The Morgan fingerprint density at radius 3 is 2.41 bits per heavy atom. The van der Waals surface area contributed by atoms with E-state index in [0.717, 1.165) is 5.56 Å². The number of rotatable bonds is 4. The fraction of sp³-hybridized carbons (Fsp3) is 0.667. The zero-order chi connectivity index (χ0) is 19.0. The van der Waals surface area contributed by atoms with Gasteiger partial charge in [0.05, 0.1) is 12.3 Å². The van der Waals surface area contributed by atoms with Crippen molar-refractivity contribution in [2.45, 2.75) is 44.6 Å². The van der Waals surface area contributed by atoms with Gasteiger partial charge in [-0.15, -0.1) is 0 Å². The fourth-order valence-corrected chi connectivity index (χ4v) is 6.53. The van der Waals surface area contributed by atoms with Crippen LogP contribution in [0.25, 0.3) is 0 Å². The summed E-state index contributed by atoms with van der Waals surface area (Å²) < 4.78 is 26.4. The van der Waals surface area contributed by atoms with Crippen LogP contribution in [0.5, 0.6) is 0 Å². The summed E-state index contributed by atoms with van der Waals surface area (Å²) in [5, 5.41) is 0. The number of benzene rings is 1. The Kier molecular flexibility index (Phi) is 5.30. The van der Waals surface area contributed by atoms with E-state index in [1.165, 1.54) is 38.4 Å². The molecule has 1 aromatic carbocycles. The summed E-state index contributed by atoms with van der Waals surface area (Å²) in [6, 6.07) is 9.75. The summed E-state index contributed by atoms with van der Waals surface area (Å²) in [6.07, 6.45) is 8.15. The molecule has 0 radical (unpaired) electrons. The summed E-state index contributed by atoms with van der Waals surface area (Å²) in [5.74, 6) is 1.25. The number of amides is 1. The van der Waals surface area contributed by atoms with Gasteiger partial charge in [-0.05, 0) is 30.2 Å². The predicted octanol–water partition coefficient (Wildman–Crippen LogP) is 3.05. The highest BCUT2D eigenvalue weighted by Gasteiger charge is 2.51. The highest BCUT2D eigenvalue weighted by Crippen LogP contribution is 2.46. The minimum atomic E-state index is -3.27. The van der Waals surface area contributed by atoms with E-state index < -0.39 is 10.0 Å². The molecule has 0 unspecified atom stereocenters. The second-order valence-corrected chi connectivity index (χ2v) is 10.6. The Bertz CT molecular complexity index is 774. The third-order valence-corrected chi connectivity index (χ3v) is 7.96. The van der Waals surface area contributed by atoms with Gasteiger partial charge in [0.15, 0.2) is 0 Å². The molecular weight excluding hydrogens is 360 g/mol. The molecule has 1 amide bonds. The van der Waals surface area contributed by atoms with Crippen LogP contribution in [0.4, 0.5) is 0 Å². The first-order valence-corrected chi connectivity index (χ1v) is 12.1. The van der Waals surface area contributed by atoms with E-state index in [4.69, 9.17) is 0 Å². The molecule has 27 heavy (non-hydrogen) atoms. The van der Waals surface area contributed by atoms with Crippen molar-refractivity contribution in [1.29, 1.82) is 0 Å². The van der Waals surface area contributed by atoms with Crippen LogP contribution in [0, 0.1) is 17.8 Å². The number of nitrogens with zero attached hydrogens (tertiary/aromatic N) is 2. The lowest BCUT2D eigenvalue weighted by Gasteiger charge is -2.29. The van der Waals surface area contributed by atoms with Gasteiger partial charge in [0, 0.05) is 32.0 Å². The molecule has 2 aliphatic heterocycles. The van der Waals surface area contributed by atoms with Crippen molar-refractivity contribution in [3.05, 3.63) is 35.9 Å². The van der Waals surface area contributed by atoms with Crippen molar-refractivity contribution < 1.29 is 13.2 Å². The van der Waals surface area contributed by atoms with Crippen LogP contribution >= 0.6 is 0 Å². The van der Waals surface area contributed by atoms with Crippen molar-refractivity contribution in [1.82, 2.24) is 9.21 Å². The minimum Gasteiger partial charge on any atom is -0.342 e. The maximum absolute atomic E-state index is 12.9. The zero-order valence-electron chi connectivity index (χ0n) is 16.1. The zero-order valence-corrected chi connectivity index (χ0v) is 16.9. The van der Waals surface area contributed by atoms with E-state index >= 15 is 0 Å². The first-order chi connectivity index (χ1) is 12.9. The molecule has 1 aliphatic carbocycles. The number of hydrogen-bond acceptors (Lipinski definition) is 3. The van der Waals surface area contributed by atoms with Crippen LogP contribution in [0.15, 0.2) is 30.3 Å². The first-order valence-electron chi connectivity index (χ1n) is 10.2. The third kappa shape index (κ3) is 3.92. The lowest BCUT2D eigenvalue weighted by Crippen LogP contribution is -2.37. The molecule has 2 saturated heterocycles. The molecule has 3 atom stereocenters. The summed E-state index contributed by atoms with van der Waals surface area (Å²) in [6.45, 7) is 1.91. The molecule has 0 aromatic heterocycles. The second kappa shape index (κ2) is 7.55. The molecule has 0 bridgehead atoms. The van der Waals surface area contributed by atoms with E-state index in [9.17, 15) is 13.2 Å². The molecule has 2 heterocycles. The third-order valence-electron chi connectivity index (χ3n) is 6.73. The van der Waals surface area contributed by atoms with Crippen LogP contribution in [-0.2, 0) is 14.8 Å². The summed E-state index contributed by atoms with van der Waals surface area (Å²) in [7, 11) is -3.27. The van der Waals surface area contributed by atoms with E-state index in [0.29, 0.717) is 32.0 Å². The number of hydrogen-bond donors (Lipinski definition) is 0. The van der Waals surface area contributed by atoms with Crippen LogP contribution in [0.1, 0.15) is 50.1 Å². The molecule has 0 spiro atoms. The van der Waals surface area contributed by atoms with Crippen molar-refractivity contribution in [2.75, 3.05) is 25.9 Å². The summed E-state index contributed by atoms with van der Waals surface area (Å²) in [5.41, 5.74) is 1.04. The lowest BCUT2D eigenvalue weighted by atomic mass is 9.86. The first kappa shape index (κ1) is 18.9. The van der Waals surface area contributed by atoms with Gasteiger partial charge in [0.2, 0.25) is 15.9 Å². The number of carbonyl (C=O) groups is 1. The van der Waals surface area contributed by atoms with Crippen LogP contribution in [-0.4, -0.2) is 49.4 Å². The SMILES string of the molecule is CS(=O)(=O)N1C[C@H]2CN(C(=O)CC3CCCCC3)C[C@H]2[C@@H]1c1ccccc1. The molecule has 1 aromatic rings. The van der Waals surface area contributed by atoms with Crippen molar-refractivity contribution in [2.24, 2.45) is 17.8 Å². The van der Waals surface area contributed by atoms with Gasteiger partial charge in [0.25, 0.3) is 0 Å². The second-order valence-electron chi connectivity index (χ2n) is 8.62. The molecule has 1 saturated carbocycles. The maximum atomic E-state index is 12.9. The lowest BCUT2D eigenvalue weighted by molar-refractivity contribution is -0.131. The molecule has 5 nitrogen and oxygen atoms in total. The monoisotopic (exact) mass is 390 g/mol. The molecule has 3 aliphatic rings. The molecule has 0 N–H and O–H groups in total. The highest BCUT2D eigenvalue weighted by atomic mass is 32.2. The van der Waals surface area contributed by atoms with Crippen LogP contribution < -0.4 is 0 Å². The molecule has 148 valence electrons. The van der Waals surface area contributed by atoms with Crippen molar-refractivity contribution in [3.63, 3.8) is 0 Å². The van der Waals surface area contributed by atoms with E-state index in [1.807, 2.05) is 35.2 Å². The summed E-state index contributed by atoms with van der Waals surface area (Å²) in [4.78, 5) is 14.9. The average molecular weight is 391 g/mol. The predicted molar refractivity (Wildman–Crippen MR) is 105 cm³/mol. The van der Waals surface area contributed by atoms with Gasteiger partial charge in [-0.3, -0.25) is 4.79 Å². The standard InChI is InChI=1S/C21H30N2O3S/c1-27(25,26)23-14-18-13-22(20(24)12-16-8-4-2-5-9-16)15-19(18)21(23)17-10-6-3-7-11-17/h3,6-7,10-11,16,18-19,21H,2,4-5,8-9,12-15H2,1H3/t18-,19-,21+/m1/s1. The van der Waals surface area contributed by atoms with Gasteiger partial charge < -0.3 is 4.90 Å². The average Bonchev–Trinajstić information content (AvgIpc) is 3.21. The Labute approximate surface area is 162 Å². The normalized spacial score (nSPS) is 29.8. The highest BCUT2D eigenvalue weighted by molar-refractivity contribution is 7.88. The maximum Gasteiger partial charge on any atom is 0.222 e. The van der Waals surface area contributed by atoms with Gasteiger partial charge in [-0.25, -0.2) is 8.42 Å². The Hall–Kier alpha value is -1.40. The fourth-order valence-electron chi connectivity index (χ4n) is 5.38. The van der Waals surface area contributed by atoms with Crippen molar-refractivity contribution >= 4 is 15.9 Å². The van der Waals surface area contributed by atoms with E-state index in [1.54, 1.807) is 4.31 Å². The Morgan fingerprint density at radius 1 is 1.04 bits per heavy atom.